The summed E-state index contributed by atoms with van der Waals surface area (Å²) >= 11 is 3.09. The molecule has 0 aliphatic heterocycles. The summed E-state index contributed by atoms with van der Waals surface area (Å²) in [5, 5.41) is 0.146. The Morgan fingerprint density at radius 1 is 0.917 bits per heavy atom. The Morgan fingerprint density at radius 2 is 1.46 bits per heavy atom. The SMILES string of the molecule is CCOC(=O)COc1ccc(C(=O)CBr)cc1OCC(=O)OCC. The van der Waals surface area contributed by atoms with Crippen molar-refractivity contribution in [3.8, 4) is 11.5 Å². The Hall–Kier alpha value is -2.09. The van der Waals surface area contributed by atoms with Gasteiger partial charge in [-0.05, 0) is 32.0 Å². The van der Waals surface area contributed by atoms with Gasteiger partial charge in [0, 0.05) is 5.56 Å². The highest BCUT2D eigenvalue weighted by atomic mass is 79.9. The Balaban J connectivity index is 2.88. The van der Waals surface area contributed by atoms with Crippen LogP contribution in [0.15, 0.2) is 18.2 Å². The van der Waals surface area contributed by atoms with Crippen molar-refractivity contribution in [2.24, 2.45) is 0 Å². The van der Waals surface area contributed by atoms with E-state index in [1.807, 2.05) is 0 Å². The third kappa shape index (κ3) is 6.57. The first-order chi connectivity index (χ1) is 11.5. The highest BCUT2D eigenvalue weighted by molar-refractivity contribution is 9.09. The van der Waals surface area contributed by atoms with Crippen LogP contribution < -0.4 is 9.47 Å². The van der Waals surface area contributed by atoms with E-state index in [1.165, 1.54) is 12.1 Å². The third-order valence-electron chi connectivity index (χ3n) is 2.69. The maximum absolute atomic E-state index is 11.8. The summed E-state index contributed by atoms with van der Waals surface area (Å²) in [4.78, 5) is 34.6. The molecule has 0 aliphatic carbocycles. The van der Waals surface area contributed by atoms with E-state index in [2.05, 4.69) is 15.9 Å². The first-order valence-corrected chi connectivity index (χ1v) is 8.44. The van der Waals surface area contributed by atoms with E-state index in [0.717, 1.165) is 0 Å². The number of ether oxygens (including phenoxy) is 4. The highest BCUT2D eigenvalue weighted by Crippen LogP contribution is 2.29. The molecule has 24 heavy (non-hydrogen) atoms. The standard InChI is InChI=1S/C16H19BrO7/c1-3-21-15(19)9-23-13-6-5-11(12(18)8-17)7-14(13)24-10-16(20)22-4-2/h5-7H,3-4,8-10H2,1-2H3. The van der Waals surface area contributed by atoms with Gasteiger partial charge in [0.15, 0.2) is 30.5 Å². The molecule has 1 rings (SSSR count). The van der Waals surface area contributed by atoms with Crippen LogP contribution in [0.2, 0.25) is 0 Å². The molecular weight excluding hydrogens is 384 g/mol. The van der Waals surface area contributed by atoms with Gasteiger partial charge in [0.2, 0.25) is 0 Å². The zero-order valence-electron chi connectivity index (χ0n) is 13.5. The lowest BCUT2D eigenvalue weighted by Gasteiger charge is -2.13. The molecule has 0 saturated carbocycles. The molecule has 132 valence electrons. The van der Waals surface area contributed by atoms with E-state index in [-0.39, 0.29) is 49.0 Å². The fourth-order valence-electron chi connectivity index (χ4n) is 1.67. The molecule has 1 aromatic carbocycles. The number of benzene rings is 1. The van der Waals surface area contributed by atoms with E-state index >= 15 is 0 Å². The van der Waals surface area contributed by atoms with E-state index in [9.17, 15) is 14.4 Å². The molecule has 0 N–H and O–H groups in total. The highest BCUT2D eigenvalue weighted by Gasteiger charge is 2.14. The second-order valence-corrected chi connectivity index (χ2v) is 4.97. The number of alkyl halides is 1. The Kier molecular flexibility index (Phi) is 8.85. The van der Waals surface area contributed by atoms with Gasteiger partial charge < -0.3 is 18.9 Å². The van der Waals surface area contributed by atoms with Gasteiger partial charge in [-0.2, -0.15) is 0 Å². The van der Waals surface area contributed by atoms with Gasteiger partial charge in [0.05, 0.1) is 18.5 Å². The number of ketones is 1. The lowest BCUT2D eigenvalue weighted by molar-refractivity contribution is -0.146. The summed E-state index contributed by atoms with van der Waals surface area (Å²) in [6.07, 6.45) is 0. The number of Topliss-reactive ketones (excluding diaryl/α,β-unsaturated/α-hetero) is 1. The number of esters is 2. The van der Waals surface area contributed by atoms with Crippen molar-refractivity contribution in [1.82, 2.24) is 0 Å². The number of hydrogen-bond acceptors (Lipinski definition) is 7. The van der Waals surface area contributed by atoms with Gasteiger partial charge >= 0.3 is 11.9 Å². The van der Waals surface area contributed by atoms with E-state index in [0.29, 0.717) is 5.56 Å². The summed E-state index contributed by atoms with van der Waals surface area (Å²) in [6, 6.07) is 4.49. The molecular formula is C16H19BrO7. The molecule has 0 spiro atoms. The molecule has 0 fully saturated rings. The number of halogens is 1. The van der Waals surface area contributed by atoms with Crippen molar-refractivity contribution in [3.63, 3.8) is 0 Å². The minimum atomic E-state index is -0.550. The summed E-state index contributed by atoms with van der Waals surface area (Å²) in [5.74, 6) is -0.855. The van der Waals surface area contributed by atoms with Crippen LogP contribution in [-0.4, -0.2) is 49.5 Å². The quantitative estimate of drug-likeness (QED) is 0.336. The molecule has 0 radical (unpaired) electrons. The van der Waals surface area contributed by atoms with E-state index < -0.39 is 11.9 Å². The lowest BCUT2D eigenvalue weighted by atomic mass is 10.1. The first-order valence-electron chi connectivity index (χ1n) is 7.31. The van der Waals surface area contributed by atoms with Crippen LogP contribution in [0.3, 0.4) is 0 Å². The third-order valence-corrected chi connectivity index (χ3v) is 3.20. The fraction of sp³-hybridized carbons (Fsp3) is 0.438. The van der Waals surface area contributed by atoms with E-state index in [1.54, 1.807) is 19.9 Å². The topological polar surface area (TPSA) is 88.1 Å². The zero-order valence-corrected chi connectivity index (χ0v) is 15.1. The molecule has 0 amide bonds. The lowest BCUT2D eigenvalue weighted by Crippen LogP contribution is -2.17. The number of carbonyl (C=O) groups is 3. The Morgan fingerprint density at radius 3 is 1.96 bits per heavy atom. The van der Waals surface area contributed by atoms with Gasteiger partial charge in [-0.1, -0.05) is 15.9 Å². The van der Waals surface area contributed by atoms with Crippen molar-refractivity contribution in [3.05, 3.63) is 23.8 Å². The molecule has 0 heterocycles. The van der Waals surface area contributed by atoms with Crippen LogP contribution in [0.4, 0.5) is 0 Å². The average Bonchev–Trinajstić information content (AvgIpc) is 2.58. The van der Waals surface area contributed by atoms with Crippen LogP contribution in [0.5, 0.6) is 11.5 Å². The van der Waals surface area contributed by atoms with Gasteiger partial charge in [0.1, 0.15) is 0 Å². The molecule has 0 unspecified atom stereocenters. The molecule has 7 nitrogen and oxygen atoms in total. The minimum Gasteiger partial charge on any atom is -0.478 e. The molecule has 0 saturated heterocycles. The number of carbonyl (C=O) groups excluding carboxylic acids is 3. The molecule has 1 aromatic rings. The Labute approximate surface area is 148 Å². The maximum atomic E-state index is 11.8. The summed E-state index contributed by atoms with van der Waals surface area (Å²) < 4.78 is 20.3. The van der Waals surface area contributed by atoms with Gasteiger partial charge in [0.25, 0.3) is 0 Å². The molecule has 0 bridgehead atoms. The predicted octanol–water partition coefficient (Wildman–Crippen LogP) is 2.15. The van der Waals surface area contributed by atoms with Crippen molar-refractivity contribution in [2.75, 3.05) is 31.8 Å². The van der Waals surface area contributed by atoms with Crippen LogP contribution >= 0.6 is 15.9 Å². The normalized spacial score (nSPS) is 9.96. The molecule has 8 heteroatoms. The predicted molar refractivity (Wildman–Crippen MR) is 88.8 cm³/mol. The zero-order chi connectivity index (χ0) is 17.9. The van der Waals surface area contributed by atoms with Crippen molar-refractivity contribution >= 4 is 33.7 Å². The second-order valence-electron chi connectivity index (χ2n) is 4.41. The second kappa shape index (κ2) is 10.6. The molecule has 0 aliphatic rings. The van der Waals surface area contributed by atoms with Crippen LogP contribution in [-0.2, 0) is 19.1 Å². The van der Waals surface area contributed by atoms with Crippen molar-refractivity contribution in [2.45, 2.75) is 13.8 Å². The monoisotopic (exact) mass is 402 g/mol. The van der Waals surface area contributed by atoms with Crippen molar-refractivity contribution in [1.29, 1.82) is 0 Å². The number of rotatable bonds is 10. The van der Waals surface area contributed by atoms with Crippen molar-refractivity contribution < 1.29 is 33.3 Å². The summed E-state index contributed by atoms with van der Waals surface area (Å²) in [6.45, 7) is 3.20. The van der Waals surface area contributed by atoms with Crippen LogP contribution in [0.1, 0.15) is 24.2 Å². The minimum absolute atomic E-state index is 0.146. The smallest absolute Gasteiger partial charge is 0.344 e. The number of hydrogen-bond donors (Lipinski definition) is 0. The van der Waals surface area contributed by atoms with Gasteiger partial charge in [-0.15, -0.1) is 0 Å². The largest absolute Gasteiger partial charge is 0.478 e. The Bertz CT molecular complexity index is 586. The average molecular weight is 403 g/mol. The molecule has 0 atom stereocenters. The maximum Gasteiger partial charge on any atom is 0.344 e. The summed E-state index contributed by atoms with van der Waals surface area (Å²) in [7, 11) is 0. The summed E-state index contributed by atoms with van der Waals surface area (Å²) in [5.41, 5.74) is 0.384. The van der Waals surface area contributed by atoms with Crippen LogP contribution in [0, 0.1) is 0 Å². The van der Waals surface area contributed by atoms with Crippen LogP contribution in [0.25, 0.3) is 0 Å². The fourth-order valence-corrected chi connectivity index (χ4v) is 1.99. The first kappa shape index (κ1) is 20.0. The van der Waals surface area contributed by atoms with Gasteiger partial charge in [-0.3, -0.25) is 4.79 Å². The van der Waals surface area contributed by atoms with E-state index in [4.69, 9.17) is 18.9 Å². The van der Waals surface area contributed by atoms with Gasteiger partial charge in [-0.25, -0.2) is 9.59 Å². The molecule has 0 aromatic heterocycles.